The Morgan fingerprint density at radius 3 is 2.53 bits per heavy atom. The Bertz CT molecular complexity index is 1470. The molecule has 1 saturated carbocycles. The molecule has 3 atom stereocenters. The molecule has 2 fully saturated rings. The molecule has 2 aromatic carbocycles. The summed E-state index contributed by atoms with van der Waals surface area (Å²) in [5.74, 6) is 0.965. The van der Waals surface area contributed by atoms with E-state index in [9.17, 15) is 18.5 Å². The van der Waals surface area contributed by atoms with Gasteiger partial charge in [0.05, 0.1) is 34.4 Å². The predicted octanol–water partition coefficient (Wildman–Crippen LogP) is 5.38. The fourth-order valence-electron chi connectivity index (χ4n) is 5.37. The average molecular weight is 557 g/mol. The summed E-state index contributed by atoms with van der Waals surface area (Å²) in [7, 11) is -3.58. The molecular formula is C27H32N4O5S2. The van der Waals surface area contributed by atoms with Crippen molar-refractivity contribution in [1.29, 1.82) is 0 Å². The van der Waals surface area contributed by atoms with Crippen LogP contribution in [0.1, 0.15) is 39.2 Å². The van der Waals surface area contributed by atoms with E-state index in [2.05, 4.69) is 18.4 Å². The number of non-ortho nitro benzene ring substituents is 1. The second kappa shape index (κ2) is 11.1. The van der Waals surface area contributed by atoms with Crippen molar-refractivity contribution in [2.24, 2.45) is 16.8 Å². The number of thiazole rings is 1. The van der Waals surface area contributed by atoms with Crippen LogP contribution in [0.15, 0.2) is 63.8 Å². The number of rotatable bonds is 6. The first-order valence-corrected chi connectivity index (χ1v) is 15.3. The van der Waals surface area contributed by atoms with Gasteiger partial charge in [0.25, 0.3) is 5.69 Å². The zero-order valence-electron chi connectivity index (χ0n) is 21.5. The van der Waals surface area contributed by atoms with E-state index in [1.54, 1.807) is 36.4 Å². The summed E-state index contributed by atoms with van der Waals surface area (Å²) < 4.78 is 35.0. The number of hydrogen-bond donors (Lipinski definition) is 0. The quantitative estimate of drug-likeness (QED) is 0.299. The molecule has 1 aliphatic carbocycles. The molecule has 202 valence electrons. The van der Waals surface area contributed by atoms with Gasteiger partial charge in [0.2, 0.25) is 10.0 Å². The van der Waals surface area contributed by atoms with Crippen molar-refractivity contribution in [3.8, 4) is 11.3 Å². The Balaban J connectivity index is 1.55. The van der Waals surface area contributed by atoms with Crippen LogP contribution in [0.3, 0.4) is 0 Å². The first-order valence-electron chi connectivity index (χ1n) is 12.9. The summed E-state index contributed by atoms with van der Waals surface area (Å²) >= 11 is 1.50. The van der Waals surface area contributed by atoms with E-state index in [4.69, 9.17) is 9.73 Å². The minimum atomic E-state index is -3.58. The summed E-state index contributed by atoms with van der Waals surface area (Å²) in [5, 5.41) is 13.5. The molecule has 38 heavy (non-hydrogen) atoms. The third-order valence-electron chi connectivity index (χ3n) is 7.76. The largest absolute Gasteiger partial charge is 0.379 e. The summed E-state index contributed by atoms with van der Waals surface area (Å²) in [6, 6.07) is 13.6. The van der Waals surface area contributed by atoms with Crippen LogP contribution < -0.4 is 4.80 Å². The SMILES string of the molecule is CC1CCCC(n2c(-c3cccc([N+](=O)[O-])c3)csc2=Nc2ccc(S(=O)(=O)N3CCOCC3)cc2)C1C. The van der Waals surface area contributed by atoms with Crippen molar-refractivity contribution in [3.05, 3.63) is 68.8 Å². The highest BCUT2D eigenvalue weighted by atomic mass is 32.2. The third-order valence-corrected chi connectivity index (χ3v) is 10.5. The van der Waals surface area contributed by atoms with E-state index >= 15 is 0 Å². The minimum Gasteiger partial charge on any atom is -0.379 e. The van der Waals surface area contributed by atoms with Gasteiger partial charge in [-0.05, 0) is 42.5 Å². The lowest BCUT2D eigenvalue weighted by molar-refractivity contribution is -0.384. The molecular weight excluding hydrogens is 524 g/mol. The highest BCUT2D eigenvalue weighted by molar-refractivity contribution is 7.89. The Morgan fingerprint density at radius 2 is 1.82 bits per heavy atom. The Kier molecular flexibility index (Phi) is 7.80. The van der Waals surface area contributed by atoms with Crippen LogP contribution in [-0.4, -0.2) is 48.5 Å². The number of hydrogen-bond acceptors (Lipinski definition) is 7. The van der Waals surface area contributed by atoms with Gasteiger partial charge in [-0.3, -0.25) is 10.1 Å². The summed E-state index contributed by atoms with van der Waals surface area (Å²) in [5.41, 5.74) is 2.41. The van der Waals surface area contributed by atoms with Crippen LogP contribution in [0.4, 0.5) is 11.4 Å². The van der Waals surface area contributed by atoms with Gasteiger partial charge in [-0.1, -0.05) is 38.8 Å². The van der Waals surface area contributed by atoms with E-state index in [0.29, 0.717) is 43.8 Å². The molecule has 1 aromatic heterocycles. The van der Waals surface area contributed by atoms with Crippen molar-refractivity contribution in [2.75, 3.05) is 26.3 Å². The van der Waals surface area contributed by atoms with Crippen LogP contribution in [0, 0.1) is 22.0 Å². The molecule has 0 N–H and O–H groups in total. The molecule has 1 aliphatic heterocycles. The van der Waals surface area contributed by atoms with Crippen molar-refractivity contribution in [2.45, 2.75) is 44.0 Å². The molecule has 3 unspecified atom stereocenters. The Labute approximate surface area is 226 Å². The van der Waals surface area contributed by atoms with Crippen LogP contribution in [0.25, 0.3) is 11.3 Å². The number of sulfonamides is 1. The van der Waals surface area contributed by atoms with Gasteiger partial charge in [0.15, 0.2) is 4.80 Å². The monoisotopic (exact) mass is 556 g/mol. The maximum atomic E-state index is 13.0. The molecule has 5 rings (SSSR count). The normalized spacial score (nSPS) is 23.4. The number of morpholine rings is 1. The molecule has 11 heteroatoms. The zero-order valence-corrected chi connectivity index (χ0v) is 23.2. The van der Waals surface area contributed by atoms with Gasteiger partial charge in [-0.15, -0.1) is 11.3 Å². The number of nitro groups is 1. The number of nitro benzene ring substituents is 1. The van der Waals surface area contributed by atoms with Crippen molar-refractivity contribution in [3.63, 3.8) is 0 Å². The van der Waals surface area contributed by atoms with Crippen LogP contribution in [-0.2, 0) is 14.8 Å². The van der Waals surface area contributed by atoms with Crippen LogP contribution >= 0.6 is 11.3 Å². The lowest BCUT2D eigenvalue weighted by atomic mass is 9.78. The molecule has 2 heterocycles. The number of nitrogens with zero attached hydrogens (tertiary/aromatic N) is 4. The van der Waals surface area contributed by atoms with Gasteiger partial charge in [0, 0.05) is 42.2 Å². The molecule has 0 spiro atoms. The molecule has 2 aliphatic rings. The highest BCUT2D eigenvalue weighted by Crippen LogP contribution is 2.40. The lowest BCUT2D eigenvalue weighted by Gasteiger charge is -2.36. The number of aromatic nitrogens is 1. The zero-order chi connectivity index (χ0) is 26.9. The third kappa shape index (κ3) is 5.33. The fraction of sp³-hybridized carbons (Fsp3) is 0.444. The molecule has 1 saturated heterocycles. The predicted molar refractivity (Wildman–Crippen MR) is 147 cm³/mol. The van der Waals surface area contributed by atoms with Crippen molar-refractivity contribution >= 4 is 32.7 Å². The van der Waals surface area contributed by atoms with Gasteiger partial charge >= 0.3 is 0 Å². The molecule has 3 aromatic rings. The smallest absolute Gasteiger partial charge is 0.270 e. The Morgan fingerprint density at radius 1 is 1.08 bits per heavy atom. The summed E-state index contributed by atoms with van der Waals surface area (Å²) in [6.45, 7) is 6.04. The van der Waals surface area contributed by atoms with Crippen molar-refractivity contribution in [1.82, 2.24) is 8.87 Å². The average Bonchev–Trinajstić information content (AvgIpc) is 3.34. The summed E-state index contributed by atoms with van der Waals surface area (Å²) in [4.78, 5) is 17.0. The second-order valence-corrected chi connectivity index (χ2v) is 12.8. The van der Waals surface area contributed by atoms with Crippen molar-refractivity contribution < 1.29 is 18.1 Å². The van der Waals surface area contributed by atoms with Gasteiger partial charge < -0.3 is 9.30 Å². The summed E-state index contributed by atoms with van der Waals surface area (Å²) in [6.07, 6.45) is 3.30. The number of ether oxygens (including phenoxy) is 1. The van der Waals surface area contributed by atoms with E-state index in [0.717, 1.165) is 28.9 Å². The van der Waals surface area contributed by atoms with Crippen LogP contribution in [0.2, 0.25) is 0 Å². The lowest BCUT2D eigenvalue weighted by Crippen LogP contribution is -2.40. The molecule has 0 amide bonds. The Hall–Kier alpha value is -2.86. The first-order chi connectivity index (χ1) is 18.3. The minimum absolute atomic E-state index is 0.0564. The molecule has 9 nitrogen and oxygen atoms in total. The van der Waals surface area contributed by atoms with E-state index < -0.39 is 10.0 Å². The first kappa shape index (κ1) is 26.7. The highest BCUT2D eigenvalue weighted by Gasteiger charge is 2.31. The maximum Gasteiger partial charge on any atom is 0.270 e. The molecule has 0 bridgehead atoms. The van der Waals surface area contributed by atoms with E-state index in [1.807, 2.05) is 11.4 Å². The van der Waals surface area contributed by atoms with Gasteiger partial charge in [0.1, 0.15) is 0 Å². The van der Waals surface area contributed by atoms with E-state index in [-0.39, 0.29) is 21.5 Å². The maximum absolute atomic E-state index is 13.0. The molecule has 0 radical (unpaired) electrons. The topological polar surface area (TPSA) is 107 Å². The van der Waals surface area contributed by atoms with Gasteiger partial charge in [-0.25, -0.2) is 13.4 Å². The van der Waals surface area contributed by atoms with E-state index in [1.165, 1.54) is 28.1 Å². The second-order valence-electron chi connectivity index (χ2n) is 10.0. The van der Waals surface area contributed by atoms with Crippen LogP contribution in [0.5, 0.6) is 0 Å². The van der Waals surface area contributed by atoms with Gasteiger partial charge in [-0.2, -0.15) is 4.31 Å². The fourth-order valence-corrected chi connectivity index (χ4v) is 7.75. The standard InChI is InChI=1S/C27H32N4O5S2/c1-19-5-3-8-25(20(19)2)30-26(21-6-4-7-23(17-21)31(32)33)18-37-27(30)28-22-9-11-24(12-10-22)38(34,35)29-13-15-36-16-14-29/h4,6-7,9-12,17-20,25H,3,5,8,13-16H2,1-2H3. The number of benzene rings is 2.